The fraction of sp³-hybridized carbons (Fsp3) is 0.478. The van der Waals surface area contributed by atoms with Crippen LogP contribution in [0.25, 0.3) is 0 Å². The lowest BCUT2D eigenvalue weighted by molar-refractivity contribution is -0.139. The molecule has 1 atom stereocenters. The first kappa shape index (κ1) is 21.0. The standard InChI is InChI=1S/C23H29N3O3S/c1-17-3-2-4-20(13-17)30-19-5-9-25(10-6-19)22(27)14-21-23(28)24-8-11-26(21)15-18-7-12-29-16-18/h2-4,7,12-13,16,19,21H,5-6,8-11,14-15H2,1H3,(H,24,28). The van der Waals surface area contributed by atoms with E-state index >= 15 is 0 Å². The molecule has 2 amide bonds. The van der Waals surface area contributed by atoms with E-state index in [0.29, 0.717) is 18.3 Å². The Morgan fingerprint density at radius 2 is 2.07 bits per heavy atom. The number of rotatable bonds is 6. The van der Waals surface area contributed by atoms with Crippen LogP contribution < -0.4 is 5.32 Å². The number of piperidine rings is 1. The van der Waals surface area contributed by atoms with E-state index in [9.17, 15) is 9.59 Å². The van der Waals surface area contributed by atoms with Gasteiger partial charge in [-0.2, -0.15) is 0 Å². The Kier molecular flexibility index (Phi) is 6.79. The lowest BCUT2D eigenvalue weighted by Crippen LogP contribution is -2.56. The van der Waals surface area contributed by atoms with E-state index in [0.717, 1.165) is 38.0 Å². The molecule has 1 aromatic carbocycles. The Labute approximate surface area is 182 Å². The second kappa shape index (κ2) is 9.71. The van der Waals surface area contributed by atoms with Crippen molar-refractivity contribution in [3.63, 3.8) is 0 Å². The van der Waals surface area contributed by atoms with Gasteiger partial charge in [-0.05, 0) is 38.0 Å². The molecule has 2 aliphatic rings. The topological polar surface area (TPSA) is 65.8 Å². The fourth-order valence-electron chi connectivity index (χ4n) is 4.19. The number of hydrogen-bond acceptors (Lipinski definition) is 5. The number of furan rings is 1. The van der Waals surface area contributed by atoms with Gasteiger partial charge < -0.3 is 14.6 Å². The normalized spacial score (nSPS) is 20.9. The van der Waals surface area contributed by atoms with Crippen molar-refractivity contribution in [2.24, 2.45) is 0 Å². The van der Waals surface area contributed by atoms with Gasteiger partial charge in [0.15, 0.2) is 0 Å². The number of carbonyl (C=O) groups is 2. The molecule has 0 saturated carbocycles. The minimum atomic E-state index is -0.416. The monoisotopic (exact) mass is 427 g/mol. The third-order valence-corrected chi connectivity index (χ3v) is 7.19. The third kappa shape index (κ3) is 5.26. The average Bonchev–Trinajstić information content (AvgIpc) is 3.24. The molecule has 1 aromatic heterocycles. The van der Waals surface area contributed by atoms with E-state index in [1.807, 2.05) is 22.7 Å². The molecule has 2 saturated heterocycles. The van der Waals surface area contributed by atoms with Crippen molar-refractivity contribution in [3.05, 3.63) is 54.0 Å². The lowest BCUT2D eigenvalue weighted by atomic mass is 10.0. The van der Waals surface area contributed by atoms with Crippen LogP contribution in [0.4, 0.5) is 0 Å². The predicted molar refractivity (Wildman–Crippen MR) is 117 cm³/mol. The largest absolute Gasteiger partial charge is 0.472 e. The van der Waals surface area contributed by atoms with Gasteiger partial charge in [0.05, 0.1) is 25.0 Å². The van der Waals surface area contributed by atoms with Gasteiger partial charge in [-0.25, -0.2) is 0 Å². The van der Waals surface area contributed by atoms with E-state index in [4.69, 9.17) is 4.42 Å². The van der Waals surface area contributed by atoms with Crippen molar-refractivity contribution in [1.82, 2.24) is 15.1 Å². The summed E-state index contributed by atoms with van der Waals surface area (Å²) in [4.78, 5) is 30.8. The fourth-order valence-corrected chi connectivity index (χ4v) is 5.43. The summed E-state index contributed by atoms with van der Waals surface area (Å²) in [6, 6.07) is 10.1. The average molecular weight is 428 g/mol. The molecule has 160 valence electrons. The highest BCUT2D eigenvalue weighted by molar-refractivity contribution is 8.00. The smallest absolute Gasteiger partial charge is 0.237 e. The molecule has 2 aliphatic heterocycles. The molecule has 0 bridgehead atoms. The second-order valence-electron chi connectivity index (χ2n) is 8.13. The van der Waals surface area contributed by atoms with Crippen LogP contribution in [-0.4, -0.2) is 59.1 Å². The van der Waals surface area contributed by atoms with Crippen molar-refractivity contribution < 1.29 is 14.0 Å². The second-order valence-corrected chi connectivity index (χ2v) is 9.50. The number of amides is 2. The lowest BCUT2D eigenvalue weighted by Gasteiger charge is -2.37. The molecular weight excluding hydrogens is 398 g/mol. The van der Waals surface area contributed by atoms with E-state index < -0.39 is 6.04 Å². The number of nitrogens with zero attached hydrogens (tertiary/aromatic N) is 2. The summed E-state index contributed by atoms with van der Waals surface area (Å²) >= 11 is 1.91. The van der Waals surface area contributed by atoms with Gasteiger partial charge in [0.2, 0.25) is 11.8 Å². The molecule has 1 unspecified atom stereocenters. The van der Waals surface area contributed by atoms with Crippen molar-refractivity contribution in [1.29, 1.82) is 0 Å². The summed E-state index contributed by atoms with van der Waals surface area (Å²) in [5.74, 6) is 0.0243. The Morgan fingerprint density at radius 3 is 2.80 bits per heavy atom. The molecular formula is C23H29N3O3S. The zero-order chi connectivity index (χ0) is 20.9. The molecule has 30 heavy (non-hydrogen) atoms. The molecule has 7 heteroatoms. The van der Waals surface area contributed by atoms with Crippen LogP contribution in [0.2, 0.25) is 0 Å². The van der Waals surface area contributed by atoms with Crippen molar-refractivity contribution in [2.45, 2.75) is 48.9 Å². The van der Waals surface area contributed by atoms with Gasteiger partial charge in [-0.3, -0.25) is 14.5 Å². The first-order chi connectivity index (χ1) is 14.6. The number of aryl methyl sites for hydroxylation is 1. The number of benzene rings is 1. The minimum absolute atomic E-state index is 0.0528. The predicted octanol–water partition coefficient (Wildman–Crippen LogP) is 3.06. The van der Waals surface area contributed by atoms with E-state index in [-0.39, 0.29) is 18.2 Å². The molecule has 2 aromatic rings. The molecule has 3 heterocycles. The molecule has 0 spiro atoms. The van der Waals surface area contributed by atoms with Gasteiger partial charge in [-0.1, -0.05) is 17.7 Å². The zero-order valence-corrected chi connectivity index (χ0v) is 18.2. The van der Waals surface area contributed by atoms with Gasteiger partial charge in [-0.15, -0.1) is 11.8 Å². The highest BCUT2D eigenvalue weighted by Gasteiger charge is 2.34. The van der Waals surface area contributed by atoms with Crippen LogP contribution in [0.15, 0.2) is 52.2 Å². The highest BCUT2D eigenvalue weighted by atomic mass is 32.2. The van der Waals surface area contributed by atoms with Gasteiger partial charge in [0.25, 0.3) is 0 Å². The summed E-state index contributed by atoms with van der Waals surface area (Å²) in [5, 5.41) is 3.44. The maximum Gasteiger partial charge on any atom is 0.237 e. The third-order valence-electron chi connectivity index (χ3n) is 5.86. The number of hydrogen-bond donors (Lipinski definition) is 1. The summed E-state index contributed by atoms with van der Waals surface area (Å²) in [5.41, 5.74) is 2.30. The van der Waals surface area contributed by atoms with E-state index in [2.05, 4.69) is 41.4 Å². The maximum absolute atomic E-state index is 13.0. The van der Waals surface area contributed by atoms with Crippen LogP contribution in [0, 0.1) is 6.92 Å². The first-order valence-corrected chi connectivity index (χ1v) is 11.5. The summed E-state index contributed by atoms with van der Waals surface area (Å²) in [7, 11) is 0. The maximum atomic E-state index is 13.0. The number of carbonyl (C=O) groups excluding carboxylic acids is 2. The number of piperazine rings is 1. The van der Waals surface area contributed by atoms with Gasteiger partial charge in [0, 0.05) is 48.4 Å². The Morgan fingerprint density at radius 1 is 1.23 bits per heavy atom. The number of thioether (sulfide) groups is 1. The molecule has 2 fully saturated rings. The van der Waals surface area contributed by atoms with Crippen molar-refractivity contribution in [3.8, 4) is 0 Å². The molecule has 0 radical (unpaired) electrons. The van der Waals surface area contributed by atoms with Crippen LogP contribution in [0.1, 0.15) is 30.4 Å². The molecule has 1 N–H and O–H groups in total. The van der Waals surface area contributed by atoms with Gasteiger partial charge in [0.1, 0.15) is 0 Å². The summed E-state index contributed by atoms with van der Waals surface area (Å²) < 4.78 is 5.15. The quantitative estimate of drug-likeness (QED) is 0.768. The van der Waals surface area contributed by atoms with Crippen molar-refractivity contribution >= 4 is 23.6 Å². The van der Waals surface area contributed by atoms with Crippen LogP contribution in [0.5, 0.6) is 0 Å². The van der Waals surface area contributed by atoms with Crippen LogP contribution in [-0.2, 0) is 16.1 Å². The van der Waals surface area contributed by atoms with E-state index in [1.54, 1.807) is 12.5 Å². The highest BCUT2D eigenvalue weighted by Crippen LogP contribution is 2.31. The molecule has 6 nitrogen and oxygen atoms in total. The Bertz CT molecular complexity index is 862. The van der Waals surface area contributed by atoms with Crippen molar-refractivity contribution in [2.75, 3.05) is 26.2 Å². The Hall–Kier alpha value is -2.25. The number of nitrogens with one attached hydrogen (secondary N) is 1. The minimum Gasteiger partial charge on any atom is -0.472 e. The van der Waals surface area contributed by atoms with Gasteiger partial charge >= 0.3 is 0 Å². The first-order valence-electron chi connectivity index (χ1n) is 10.6. The summed E-state index contributed by atoms with van der Waals surface area (Å²) in [6.45, 7) is 5.61. The number of likely N-dealkylation sites (tertiary alicyclic amines) is 1. The zero-order valence-electron chi connectivity index (χ0n) is 17.4. The van der Waals surface area contributed by atoms with Crippen LogP contribution >= 0.6 is 11.8 Å². The molecule has 0 aliphatic carbocycles. The van der Waals surface area contributed by atoms with E-state index in [1.165, 1.54) is 10.5 Å². The summed E-state index contributed by atoms with van der Waals surface area (Å²) in [6.07, 6.45) is 5.54. The van der Waals surface area contributed by atoms with Crippen LogP contribution in [0.3, 0.4) is 0 Å². The molecule has 4 rings (SSSR count). The SMILES string of the molecule is Cc1cccc(SC2CCN(C(=O)CC3C(=O)NCCN3Cc3ccoc3)CC2)c1. The Balaban J connectivity index is 1.30.